The highest BCUT2D eigenvalue weighted by atomic mass is 19.4. The predicted molar refractivity (Wildman–Crippen MR) is 84.6 cm³/mol. The molecular weight excluding hydrogens is 337 g/mol. The monoisotopic (exact) mass is 348 g/mol. The summed E-state index contributed by atoms with van der Waals surface area (Å²) in [7, 11) is 0. The number of fused-ring (bicyclic) bond motifs is 1. The molecule has 0 atom stereocenters. The third-order valence-corrected chi connectivity index (χ3v) is 3.66. The van der Waals surface area contributed by atoms with Gasteiger partial charge in [-0.25, -0.2) is 0 Å². The number of hydrogen-bond acceptors (Lipinski definition) is 5. The van der Waals surface area contributed by atoms with Crippen LogP contribution in [-0.2, 0) is 6.18 Å². The summed E-state index contributed by atoms with van der Waals surface area (Å²) < 4.78 is 40.4. The molecule has 25 heavy (non-hydrogen) atoms. The minimum Gasteiger partial charge on any atom is -0.507 e. The molecule has 3 rings (SSSR count). The third kappa shape index (κ3) is 2.69. The van der Waals surface area contributed by atoms with Gasteiger partial charge in [-0.15, -0.1) is 0 Å². The van der Waals surface area contributed by atoms with Crippen LogP contribution in [0.15, 0.2) is 36.7 Å². The fourth-order valence-corrected chi connectivity index (χ4v) is 2.65. The molecule has 1 amide bonds. The van der Waals surface area contributed by atoms with Crippen LogP contribution in [0.3, 0.4) is 0 Å². The first kappa shape index (κ1) is 16.5. The van der Waals surface area contributed by atoms with Crippen molar-refractivity contribution in [3.8, 4) is 16.9 Å². The molecule has 2 aromatic carbocycles. The number of benzene rings is 2. The van der Waals surface area contributed by atoms with Gasteiger partial charge in [0.2, 0.25) is 0 Å². The number of alkyl halides is 3. The SMILES string of the molecule is NC(=O)c1cc2nccnc2c(-c2cccc(O)c2C(F)(F)F)c1N. The topological polar surface area (TPSA) is 115 Å². The van der Waals surface area contributed by atoms with E-state index in [1.807, 2.05) is 0 Å². The van der Waals surface area contributed by atoms with Gasteiger partial charge in [-0.2, -0.15) is 13.2 Å². The number of anilines is 1. The first-order chi connectivity index (χ1) is 11.7. The van der Waals surface area contributed by atoms with Gasteiger partial charge in [0.15, 0.2) is 0 Å². The summed E-state index contributed by atoms with van der Waals surface area (Å²) in [6.45, 7) is 0. The quantitative estimate of drug-likeness (QED) is 0.616. The standard InChI is InChI=1S/C16H11F3N4O2/c17-16(18,19)12-7(2-1-3-10(12)24)11-13(20)8(15(21)25)6-9-14(11)23-5-4-22-9/h1-6,24H,20H2,(H2,21,25). The first-order valence-electron chi connectivity index (χ1n) is 6.94. The van der Waals surface area contributed by atoms with E-state index in [-0.39, 0.29) is 27.8 Å². The van der Waals surface area contributed by atoms with Gasteiger partial charge >= 0.3 is 6.18 Å². The maximum atomic E-state index is 13.5. The van der Waals surface area contributed by atoms with E-state index >= 15 is 0 Å². The molecule has 1 aromatic heterocycles. The second kappa shape index (κ2) is 5.62. The van der Waals surface area contributed by atoms with E-state index < -0.39 is 29.0 Å². The maximum absolute atomic E-state index is 13.5. The van der Waals surface area contributed by atoms with E-state index in [9.17, 15) is 23.1 Å². The van der Waals surface area contributed by atoms with Crippen molar-refractivity contribution in [2.45, 2.75) is 6.18 Å². The highest BCUT2D eigenvalue weighted by Crippen LogP contribution is 2.45. The summed E-state index contributed by atoms with van der Waals surface area (Å²) in [6, 6.07) is 4.54. The van der Waals surface area contributed by atoms with Crippen LogP contribution in [0.25, 0.3) is 22.2 Å². The summed E-state index contributed by atoms with van der Waals surface area (Å²) in [5, 5.41) is 9.74. The summed E-state index contributed by atoms with van der Waals surface area (Å²) in [6.07, 6.45) is -2.25. The molecule has 9 heteroatoms. The Morgan fingerprint density at radius 3 is 2.48 bits per heavy atom. The van der Waals surface area contributed by atoms with Gasteiger partial charge in [-0.3, -0.25) is 14.8 Å². The minimum atomic E-state index is -4.86. The van der Waals surface area contributed by atoms with E-state index in [1.165, 1.54) is 24.5 Å². The highest BCUT2D eigenvalue weighted by Gasteiger charge is 2.38. The van der Waals surface area contributed by atoms with E-state index in [4.69, 9.17) is 11.5 Å². The summed E-state index contributed by atoms with van der Waals surface area (Å²) in [5.74, 6) is -1.88. The van der Waals surface area contributed by atoms with E-state index in [0.717, 1.165) is 12.1 Å². The van der Waals surface area contributed by atoms with Crippen LogP contribution in [0, 0.1) is 0 Å². The molecule has 0 bridgehead atoms. The van der Waals surface area contributed by atoms with Crippen LogP contribution in [0.2, 0.25) is 0 Å². The molecule has 128 valence electrons. The maximum Gasteiger partial charge on any atom is 0.420 e. The molecule has 0 aliphatic carbocycles. The average Bonchev–Trinajstić information content (AvgIpc) is 2.52. The number of aromatic nitrogens is 2. The normalized spacial score (nSPS) is 11.6. The molecule has 1 heterocycles. The van der Waals surface area contributed by atoms with Gasteiger partial charge in [0.05, 0.1) is 22.3 Å². The number of aromatic hydroxyl groups is 1. The van der Waals surface area contributed by atoms with Crippen LogP contribution < -0.4 is 11.5 Å². The number of carbonyl (C=O) groups excluding carboxylic acids is 1. The van der Waals surface area contributed by atoms with Crippen LogP contribution in [-0.4, -0.2) is 21.0 Å². The van der Waals surface area contributed by atoms with Gasteiger partial charge in [0.25, 0.3) is 5.91 Å². The van der Waals surface area contributed by atoms with Crippen molar-refractivity contribution in [2.75, 3.05) is 5.73 Å². The highest BCUT2D eigenvalue weighted by molar-refractivity contribution is 6.10. The van der Waals surface area contributed by atoms with Crippen LogP contribution in [0.1, 0.15) is 15.9 Å². The number of rotatable bonds is 2. The first-order valence-corrected chi connectivity index (χ1v) is 6.94. The molecule has 0 fully saturated rings. The molecule has 0 radical (unpaired) electrons. The van der Waals surface area contributed by atoms with Gasteiger partial charge in [-0.05, 0) is 12.1 Å². The van der Waals surface area contributed by atoms with Crippen molar-refractivity contribution >= 4 is 22.6 Å². The second-order valence-electron chi connectivity index (χ2n) is 5.20. The average molecular weight is 348 g/mol. The fourth-order valence-electron chi connectivity index (χ4n) is 2.65. The molecule has 6 nitrogen and oxygen atoms in total. The Hall–Kier alpha value is -3.36. The number of amides is 1. The number of primary amides is 1. The van der Waals surface area contributed by atoms with Crippen LogP contribution in [0.4, 0.5) is 18.9 Å². The van der Waals surface area contributed by atoms with Crippen LogP contribution in [0.5, 0.6) is 5.75 Å². The van der Waals surface area contributed by atoms with E-state index in [1.54, 1.807) is 0 Å². The smallest absolute Gasteiger partial charge is 0.420 e. The number of phenolic OH excluding ortho intramolecular Hbond substituents is 1. The van der Waals surface area contributed by atoms with Gasteiger partial charge in [0, 0.05) is 23.5 Å². The molecule has 0 saturated heterocycles. The molecule has 3 aromatic rings. The number of carbonyl (C=O) groups is 1. The lowest BCUT2D eigenvalue weighted by molar-refractivity contribution is -0.138. The zero-order valence-electron chi connectivity index (χ0n) is 12.5. The number of nitrogens with two attached hydrogens (primary N) is 2. The Labute approximate surface area is 138 Å². The Morgan fingerprint density at radius 1 is 1.16 bits per heavy atom. The fraction of sp³-hybridized carbons (Fsp3) is 0.0625. The molecule has 0 aliphatic heterocycles. The third-order valence-electron chi connectivity index (χ3n) is 3.66. The van der Waals surface area contributed by atoms with E-state index in [0.29, 0.717) is 0 Å². The predicted octanol–water partition coefficient (Wildman–Crippen LogP) is 2.70. The Kier molecular flexibility index (Phi) is 3.71. The molecule has 0 spiro atoms. The number of nitrogens with zero attached hydrogens (tertiary/aromatic N) is 2. The summed E-state index contributed by atoms with van der Waals surface area (Å²) in [4.78, 5) is 19.6. The molecule has 0 aliphatic rings. The van der Waals surface area contributed by atoms with Gasteiger partial charge < -0.3 is 16.6 Å². The van der Waals surface area contributed by atoms with Crippen molar-refractivity contribution in [2.24, 2.45) is 5.73 Å². The minimum absolute atomic E-state index is 0.0566. The summed E-state index contributed by atoms with van der Waals surface area (Å²) in [5.41, 5.74) is 9.09. The van der Waals surface area contributed by atoms with Crippen LogP contribution >= 0.6 is 0 Å². The number of halogens is 3. The van der Waals surface area contributed by atoms with E-state index in [2.05, 4.69) is 9.97 Å². The van der Waals surface area contributed by atoms with Crippen molar-refractivity contribution in [1.29, 1.82) is 0 Å². The number of hydrogen-bond donors (Lipinski definition) is 3. The number of phenols is 1. The van der Waals surface area contributed by atoms with Crippen molar-refractivity contribution in [3.05, 3.63) is 47.8 Å². The Bertz CT molecular complexity index is 1000. The lowest BCUT2D eigenvalue weighted by atomic mass is 9.93. The lowest BCUT2D eigenvalue weighted by Gasteiger charge is -2.18. The molecule has 0 unspecified atom stereocenters. The van der Waals surface area contributed by atoms with Crippen molar-refractivity contribution in [1.82, 2.24) is 9.97 Å². The Balaban J connectivity index is 2.51. The van der Waals surface area contributed by atoms with Crippen molar-refractivity contribution < 1.29 is 23.1 Å². The molecule has 5 N–H and O–H groups in total. The Morgan fingerprint density at radius 2 is 1.84 bits per heavy atom. The zero-order chi connectivity index (χ0) is 18.4. The number of nitrogen functional groups attached to an aromatic ring is 1. The molecular formula is C16H11F3N4O2. The van der Waals surface area contributed by atoms with Gasteiger partial charge in [-0.1, -0.05) is 12.1 Å². The van der Waals surface area contributed by atoms with Gasteiger partial charge in [0.1, 0.15) is 11.3 Å². The summed E-state index contributed by atoms with van der Waals surface area (Å²) >= 11 is 0. The zero-order valence-corrected chi connectivity index (χ0v) is 12.5. The molecule has 0 saturated carbocycles. The largest absolute Gasteiger partial charge is 0.507 e. The van der Waals surface area contributed by atoms with Crippen molar-refractivity contribution in [3.63, 3.8) is 0 Å². The second-order valence-corrected chi connectivity index (χ2v) is 5.20. The lowest BCUT2D eigenvalue weighted by Crippen LogP contribution is -2.15.